The van der Waals surface area contributed by atoms with Crippen LogP contribution in [0.3, 0.4) is 0 Å². The van der Waals surface area contributed by atoms with Crippen LogP contribution in [0.1, 0.15) is 12.8 Å². The van der Waals surface area contributed by atoms with Crippen LogP contribution in [0.15, 0.2) is 23.1 Å². The molecule has 0 bridgehead atoms. The van der Waals surface area contributed by atoms with Gasteiger partial charge in [0.05, 0.1) is 21.6 Å². The fourth-order valence-electron chi connectivity index (χ4n) is 1.96. The molecule has 2 N–H and O–H groups in total. The van der Waals surface area contributed by atoms with Crippen molar-refractivity contribution in [2.75, 3.05) is 18.1 Å². The molecule has 1 atom stereocenters. The lowest BCUT2D eigenvalue weighted by molar-refractivity contribution is -0.117. The van der Waals surface area contributed by atoms with Crippen molar-refractivity contribution in [2.24, 2.45) is 0 Å². The van der Waals surface area contributed by atoms with E-state index in [4.69, 9.17) is 11.6 Å². The van der Waals surface area contributed by atoms with Gasteiger partial charge in [-0.15, -0.1) is 0 Å². The van der Waals surface area contributed by atoms with Gasteiger partial charge in [0, 0.05) is 6.26 Å². The molecule has 2 rings (SSSR count). The fraction of sp³-hybridized carbons (Fsp3) is 0.417. The first kappa shape index (κ1) is 14.3. The summed E-state index contributed by atoms with van der Waals surface area (Å²) in [6.45, 7) is 0.815. The van der Waals surface area contributed by atoms with E-state index in [0.29, 0.717) is 10.7 Å². The van der Waals surface area contributed by atoms with Crippen molar-refractivity contribution in [1.29, 1.82) is 0 Å². The first-order valence-corrected chi connectivity index (χ1v) is 8.19. The van der Waals surface area contributed by atoms with Gasteiger partial charge in [-0.2, -0.15) is 0 Å². The first-order chi connectivity index (χ1) is 8.88. The lowest BCUT2D eigenvalue weighted by Gasteiger charge is -2.13. The Labute approximate surface area is 117 Å². The van der Waals surface area contributed by atoms with E-state index in [1.165, 1.54) is 18.2 Å². The molecule has 1 aliphatic rings. The van der Waals surface area contributed by atoms with Crippen LogP contribution in [0.5, 0.6) is 0 Å². The molecule has 1 fully saturated rings. The number of hydrogen-bond acceptors (Lipinski definition) is 4. The van der Waals surface area contributed by atoms with Gasteiger partial charge >= 0.3 is 0 Å². The van der Waals surface area contributed by atoms with Gasteiger partial charge < -0.3 is 10.6 Å². The van der Waals surface area contributed by atoms with Gasteiger partial charge in [-0.25, -0.2) is 8.42 Å². The van der Waals surface area contributed by atoms with E-state index in [2.05, 4.69) is 10.6 Å². The Hall–Kier alpha value is -1.11. The van der Waals surface area contributed by atoms with Gasteiger partial charge in [-0.1, -0.05) is 11.6 Å². The molecule has 1 aliphatic heterocycles. The zero-order valence-electron chi connectivity index (χ0n) is 10.4. The van der Waals surface area contributed by atoms with Crippen LogP contribution < -0.4 is 10.6 Å². The molecule has 0 unspecified atom stereocenters. The highest BCUT2D eigenvalue weighted by atomic mass is 35.5. The Morgan fingerprint density at radius 1 is 1.47 bits per heavy atom. The van der Waals surface area contributed by atoms with Gasteiger partial charge in [0.1, 0.15) is 0 Å². The number of halogens is 1. The monoisotopic (exact) mass is 302 g/mol. The topological polar surface area (TPSA) is 75.3 Å². The van der Waals surface area contributed by atoms with Crippen LogP contribution in [0, 0.1) is 0 Å². The number of sulfone groups is 1. The van der Waals surface area contributed by atoms with Crippen LogP contribution >= 0.6 is 11.6 Å². The lowest BCUT2D eigenvalue weighted by atomic mass is 10.2. The maximum atomic E-state index is 11.9. The van der Waals surface area contributed by atoms with Crippen LogP contribution in [0.4, 0.5) is 5.69 Å². The lowest BCUT2D eigenvalue weighted by Crippen LogP contribution is -2.35. The third-order valence-electron chi connectivity index (χ3n) is 3.00. The van der Waals surface area contributed by atoms with E-state index in [0.717, 1.165) is 25.6 Å². The van der Waals surface area contributed by atoms with E-state index >= 15 is 0 Å². The van der Waals surface area contributed by atoms with Crippen molar-refractivity contribution < 1.29 is 13.2 Å². The largest absolute Gasteiger partial charge is 0.323 e. The number of amides is 1. The van der Waals surface area contributed by atoms with Crippen LogP contribution in [0.2, 0.25) is 5.02 Å². The summed E-state index contributed by atoms with van der Waals surface area (Å²) in [5.41, 5.74) is 0.322. The summed E-state index contributed by atoms with van der Waals surface area (Å²) >= 11 is 5.97. The molecule has 1 aromatic rings. The zero-order chi connectivity index (χ0) is 14.0. The summed E-state index contributed by atoms with van der Waals surface area (Å²) < 4.78 is 22.9. The molecule has 1 heterocycles. The summed E-state index contributed by atoms with van der Waals surface area (Å²) in [5, 5.41) is 6.05. The molecular formula is C12H15ClN2O3S. The minimum atomic E-state index is -3.32. The average Bonchev–Trinajstić information content (AvgIpc) is 2.84. The highest BCUT2D eigenvalue weighted by Gasteiger charge is 2.22. The third kappa shape index (κ3) is 3.46. The van der Waals surface area contributed by atoms with Crippen molar-refractivity contribution in [2.45, 2.75) is 23.8 Å². The van der Waals surface area contributed by atoms with Gasteiger partial charge in [0.25, 0.3) is 0 Å². The second kappa shape index (κ2) is 5.48. The Balaban J connectivity index is 2.22. The molecule has 19 heavy (non-hydrogen) atoms. The second-order valence-electron chi connectivity index (χ2n) is 4.55. The summed E-state index contributed by atoms with van der Waals surface area (Å²) in [6.07, 6.45) is 2.84. The highest BCUT2D eigenvalue weighted by molar-refractivity contribution is 7.90. The van der Waals surface area contributed by atoms with Crippen LogP contribution in [-0.4, -0.2) is 33.2 Å². The third-order valence-corrected chi connectivity index (χ3v) is 4.44. The Morgan fingerprint density at radius 2 is 2.21 bits per heavy atom. The van der Waals surface area contributed by atoms with E-state index in [1.54, 1.807) is 0 Å². The number of carbonyl (C=O) groups excluding carboxylic acids is 1. The average molecular weight is 303 g/mol. The maximum absolute atomic E-state index is 11.9. The molecule has 0 aliphatic carbocycles. The number of benzene rings is 1. The van der Waals surface area contributed by atoms with E-state index < -0.39 is 9.84 Å². The molecule has 0 saturated carbocycles. The first-order valence-electron chi connectivity index (χ1n) is 5.92. The van der Waals surface area contributed by atoms with Crippen molar-refractivity contribution in [3.05, 3.63) is 23.2 Å². The van der Waals surface area contributed by atoms with Gasteiger partial charge in [0.15, 0.2) is 9.84 Å². The molecule has 7 heteroatoms. The highest BCUT2D eigenvalue weighted by Crippen LogP contribution is 2.25. The van der Waals surface area contributed by atoms with Crippen molar-refractivity contribution >= 4 is 33.0 Å². The molecule has 0 radical (unpaired) electrons. The van der Waals surface area contributed by atoms with Gasteiger partial charge in [-0.3, -0.25) is 4.79 Å². The van der Waals surface area contributed by atoms with Crippen LogP contribution in [-0.2, 0) is 14.6 Å². The summed E-state index contributed by atoms with van der Waals surface area (Å²) in [5.74, 6) is -0.190. The Morgan fingerprint density at radius 3 is 2.79 bits per heavy atom. The quantitative estimate of drug-likeness (QED) is 0.886. The number of hydrogen-bond donors (Lipinski definition) is 2. The molecular weight excluding hydrogens is 288 g/mol. The molecule has 1 saturated heterocycles. The standard InChI is InChI=1S/C12H15ClN2O3S/c1-19(17,18)8-4-5-9(13)11(7-8)15-12(16)10-3-2-6-14-10/h4-5,7,10,14H,2-3,6H2,1H3,(H,15,16)/t10-/m0/s1. The molecule has 1 aromatic carbocycles. The predicted molar refractivity (Wildman–Crippen MR) is 74.2 cm³/mol. The number of nitrogens with one attached hydrogen (secondary N) is 2. The normalized spacial score (nSPS) is 19.4. The second-order valence-corrected chi connectivity index (χ2v) is 6.97. The molecule has 1 amide bonds. The zero-order valence-corrected chi connectivity index (χ0v) is 12.0. The Kier molecular flexibility index (Phi) is 4.13. The SMILES string of the molecule is CS(=O)(=O)c1ccc(Cl)c(NC(=O)[C@@H]2CCCN2)c1. The molecule has 104 valence electrons. The predicted octanol–water partition coefficient (Wildman–Crippen LogP) is 1.43. The van der Waals surface area contributed by atoms with Crippen molar-refractivity contribution in [1.82, 2.24) is 5.32 Å². The molecule has 0 spiro atoms. The smallest absolute Gasteiger partial charge is 0.241 e. The number of anilines is 1. The summed E-state index contributed by atoms with van der Waals surface area (Å²) in [4.78, 5) is 12.1. The van der Waals surface area contributed by atoms with Crippen molar-refractivity contribution in [3.8, 4) is 0 Å². The maximum Gasteiger partial charge on any atom is 0.241 e. The van der Waals surface area contributed by atoms with Crippen LogP contribution in [0.25, 0.3) is 0 Å². The van der Waals surface area contributed by atoms with Crippen molar-refractivity contribution in [3.63, 3.8) is 0 Å². The molecule has 5 nitrogen and oxygen atoms in total. The number of rotatable bonds is 3. The van der Waals surface area contributed by atoms with E-state index in [1.807, 2.05) is 0 Å². The number of carbonyl (C=O) groups is 1. The van der Waals surface area contributed by atoms with E-state index in [9.17, 15) is 13.2 Å². The summed E-state index contributed by atoms with van der Waals surface area (Å²) in [7, 11) is -3.32. The summed E-state index contributed by atoms with van der Waals surface area (Å²) in [6, 6.07) is 4.03. The van der Waals surface area contributed by atoms with Gasteiger partial charge in [0.2, 0.25) is 5.91 Å². The molecule has 0 aromatic heterocycles. The minimum absolute atomic E-state index is 0.131. The van der Waals surface area contributed by atoms with E-state index in [-0.39, 0.29) is 16.8 Å². The minimum Gasteiger partial charge on any atom is -0.323 e. The Bertz CT molecular complexity index is 595. The van der Waals surface area contributed by atoms with Gasteiger partial charge in [-0.05, 0) is 37.6 Å². The fourth-order valence-corrected chi connectivity index (χ4v) is 2.77.